The van der Waals surface area contributed by atoms with Gasteiger partial charge in [-0.1, -0.05) is 133 Å². The van der Waals surface area contributed by atoms with E-state index in [4.69, 9.17) is 9.73 Å². The number of nitrogens with zero attached hydrogens (tertiary/aromatic N) is 1. The number of rotatable bonds is 8. The normalized spacial score (nSPS) is 13.1. The smallest absolute Gasteiger partial charge is 0.332 e. The monoisotopic (exact) mass is 487 g/mol. The molecule has 0 saturated carbocycles. The standard InChI is InChI=1S/C34H33NO2/c1-34(2,3)37-33(36)32(35-31(28-20-12-6-13-21-28)29-22-14-7-15-23-29)30(27-18-10-5-11-19-27)25-24-26-16-8-4-9-17-26/h4-25,30,32H,1-3H3/b25-24+. The number of carbonyl (C=O) groups is 1. The van der Waals surface area contributed by atoms with Crippen molar-refractivity contribution in [3.8, 4) is 0 Å². The van der Waals surface area contributed by atoms with Gasteiger partial charge in [-0.25, -0.2) is 4.79 Å². The quantitative estimate of drug-likeness (QED) is 0.188. The highest BCUT2D eigenvalue weighted by Gasteiger charge is 2.32. The zero-order valence-electron chi connectivity index (χ0n) is 21.6. The molecule has 0 radical (unpaired) electrons. The molecule has 0 aliphatic heterocycles. The number of carbonyl (C=O) groups excluding carboxylic acids is 1. The van der Waals surface area contributed by atoms with Crippen LogP contribution in [0.5, 0.6) is 0 Å². The van der Waals surface area contributed by atoms with Crippen LogP contribution in [0.2, 0.25) is 0 Å². The van der Waals surface area contributed by atoms with Crippen molar-refractivity contribution in [3.05, 3.63) is 150 Å². The van der Waals surface area contributed by atoms with E-state index in [1.807, 2.05) is 142 Å². The maximum absolute atomic E-state index is 13.8. The summed E-state index contributed by atoms with van der Waals surface area (Å²) in [5.74, 6) is -0.692. The first kappa shape index (κ1) is 25.8. The molecule has 0 N–H and O–H groups in total. The van der Waals surface area contributed by atoms with Crippen molar-refractivity contribution < 1.29 is 9.53 Å². The van der Waals surface area contributed by atoms with Crippen LogP contribution in [-0.4, -0.2) is 23.3 Å². The number of hydrogen-bond donors (Lipinski definition) is 0. The molecule has 0 spiro atoms. The van der Waals surface area contributed by atoms with Gasteiger partial charge in [-0.2, -0.15) is 0 Å². The average Bonchev–Trinajstić information content (AvgIpc) is 2.91. The minimum Gasteiger partial charge on any atom is -0.458 e. The predicted octanol–water partition coefficient (Wildman–Crippen LogP) is 7.73. The van der Waals surface area contributed by atoms with Gasteiger partial charge in [0.05, 0.1) is 5.71 Å². The number of benzene rings is 4. The minimum absolute atomic E-state index is 0.335. The molecule has 0 saturated heterocycles. The van der Waals surface area contributed by atoms with Crippen LogP contribution in [0.25, 0.3) is 6.08 Å². The first-order valence-electron chi connectivity index (χ1n) is 12.6. The summed E-state index contributed by atoms with van der Waals surface area (Å²) in [7, 11) is 0. The van der Waals surface area contributed by atoms with E-state index in [0.29, 0.717) is 0 Å². The van der Waals surface area contributed by atoms with Crippen LogP contribution >= 0.6 is 0 Å². The van der Waals surface area contributed by atoms with Gasteiger partial charge in [0, 0.05) is 17.0 Å². The minimum atomic E-state index is -0.794. The fourth-order valence-electron chi connectivity index (χ4n) is 4.14. The van der Waals surface area contributed by atoms with Crippen molar-refractivity contribution in [2.75, 3.05) is 0 Å². The second kappa shape index (κ2) is 12.1. The van der Waals surface area contributed by atoms with E-state index in [-0.39, 0.29) is 11.9 Å². The summed E-state index contributed by atoms with van der Waals surface area (Å²) in [4.78, 5) is 19.0. The summed E-state index contributed by atoms with van der Waals surface area (Å²) in [5.41, 5.74) is 4.05. The van der Waals surface area contributed by atoms with Crippen molar-refractivity contribution in [3.63, 3.8) is 0 Å². The van der Waals surface area contributed by atoms with Crippen molar-refractivity contribution in [2.45, 2.75) is 38.3 Å². The van der Waals surface area contributed by atoms with Crippen LogP contribution in [-0.2, 0) is 9.53 Å². The molecule has 4 aromatic carbocycles. The first-order valence-corrected chi connectivity index (χ1v) is 12.6. The summed E-state index contributed by atoms with van der Waals surface area (Å²) in [6.07, 6.45) is 4.12. The van der Waals surface area contributed by atoms with Gasteiger partial charge in [-0.3, -0.25) is 4.99 Å². The topological polar surface area (TPSA) is 38.7 Å². The lowest BCUT2D eigenvalue weighted by atomic mass is 9.89. The molecule has 4 rings (SSSR count). The Labute approximate surface area is 220 Å². The highest BCUT2D eigenvalue weighted by Crippen LogP contribution is 2.29. The summed E-state index contributed by atoms with van der Waals surface area (Å²) in [6.45, 7) is 5.66. The maximum atomic E-state index is 13.8. The second-order valence-corrected chi connectivity index (χ2v) is 9.89. The fraction of sp³-hybridized carbons (Fsp3) is 0.176. The van der Waals surface area contributed by atoms with Gasteiger partial charge in [-0.05, 0) is 31.9 Å². The highest BCUT2D eigenvalue weighted by atomic mass is 16.6. The zero-order chi connectivity index (χ0) is 26.1. The van der Waals surface area contributed by atoms with Gasteiger partial charge in [0.1, 0.15) is 5.60 Å². The second-order valence-electron chi connectivity index (χ2n) is 9.89. The van der Waals surface area contributed by atoms with Crippen LogP contribution < -0.4 is 0 Å². The molecule has 37 heavy (non-hydrogen) atoms. The molecule has 0 fully saturated rings. The van der Waals surface area contributed by atoms with Gasteiger partial charge < -0.3 is 4.74 Å². The van der Waals surface area contributed by atoms with Gasteiger partial charge in [0.2, 0.25) is 0 Å². The van der Waals surface area contributed by atoms with Crippen molar-refractivity contribution >= 4 is 17.8 Å². The molecule has 3 nitrogen and oxygen atoms in total. The molecule has 3 heteroatoms. The van der Waals surface area contributed by atoms with E-state index in [1.165, 1.54) is 0 Å². The Morgan fingerprint density at radius 1 is 0.703 bits per heavy atom. The van der Waals surface area contributed by atoms with E-state index in [9.17, 15) is 4.79 Å². The summed E-state index contributed by atoms with van der Waals surface area (Å²) in [6, 6.07) is 39.3. The maximum Gasteiger partial charge on any atom is 0.332 e. The summed E-state index contributed by atoms with van der Waals surface area (Å²) >= 11 is 0. The molecule has 0 bridgehead atoms. The molecule has 2 unspecified atom stereocenters. The first-order chi connectivity index (χ1) is 17.9. The molecule has 0 heterocycles. The largest absolute Gasteiger partial charge is 0.458 e. The van der Waals surface area contributed by atoms with Gasteiger partial charge >= 0.3 is 5.97 Å². The van der Waals surface area contributed by atoms with E-state index < -0.39 is 11.6 Å². The average molecular weight is 488 g/mol. The summed E-state index contributed by atoms with van der Waals surface area (Å²) in [5, 5.41) is 0. The van der Waals surface area contributed by atoms with Gasteiger partial charge in [0.15, 0.2) is 6.04 Å². The molecular weight excluding hydrogens is 454 g/mol. The Hall–Kier alpha value is -4.24. The van der Waals surface area contributed by atoms with Gasteiger partial charge in [-0.15, -0.1) is 0 Å². The van der Waals surface area contributed by atoms with Crippen LogP contribution in [0.15, 0.2) is 132 Å². The van der Waals surface area contributed by atoms with Crippen molar-refractivity contribution in [2.24, 2.45) is 4.99 Å². The number of ether oxygens (including phenoxy) is 1. The van der Waals surface area contributed by atoms with E-state index in [0.717, 1.165) is 28.0 Å². The van der Waals surface area contributed by atoms with E-state index in [1.54, 1.807) is 0 Å². The lowest BCUT2D eigenvalue weighted by molar-refractivity contribution is -0.156. The molecule has 0 aromatic heterocycles. The fourth-order valence-corrected chi connectivity index (χ4v) is 4.14. The van der Waals surface area contributed by atoms with Gasteiger partial charge in [0.25, 0.3) is 0 Å². The zero-order valence-corrected chi connectivity index (χ0v) is 21.6. The Balaban J connectivity index is 1.89. The van der Waals surface area contributed by atoms with E-state index in [2.05, 4.69) is 12.2 Å². The number of hydrogen-bond acceptors (Lipinski definition) is 3. The van der Waals surface area contributed by atoms with Crippen LogP contribution in [0.3, 0.4) is 0 Å². The molecule has 0 aliphatic carbocycles. The Morgan fingerprint density at radius 3 is 1.65 bits per heavy atom. The Kier molecular flexibility index (Phi) is 8.48. The third-order valence-electron chi connectivity index (χ3n) is 5.83. The van der Waals surface area contributed by atoms with Crippen molar-refractivity contribution in [1.29, 1.82) is 0 Å². The lowest BCUT2D eigenvalue weighted by Gasteiger charge is -2.27. The number of esters is 1. The lowest BCUT2D eigenvalue weighted by Crippen LogP contribution is -2.35. The van der Waals surface area contributed by atoms with Crippen LogP contribution in [0, 0.1) is 0 Å². The molecule has 0 amide bonds. The van der Waals surface area contributed by atoms with E-state index >= 15 is 0 Å². The van der Waals surface area contributed by atoms with Crippen LogP contribution in [0.4, 0.5) is 0 Å². The predicted molar refractivity (Wildman–Crippen MR) is 153 cm³/mol. The van der Waals surface area contributed by atoms with Crippen LogP contribution in [0.1, 0.15) is 48.9 Å². The molecule has 186 valence electrons. The molecule has 2 atom stereocenters. The third kappa shape index (κ3) is 7.37. The molecule has 0 aliphatic rings. The third-order valence-corrected chi connectivity index (χ3v) is 5.83. The molecular formula is C34H33NO2. The Morgan fingerprint density at radius 2 is 1.16 bits per heavy atom. The highest BCUT2D eigenvalue weighted by molar-refractivity contribution is 6.13. The summed E-state index contributed by atoms with van der Waals surface area (Å²) < 4.78 is 5.95. The van der Waals surface area contributed by atoms with Crippen molar-refractivity contribution in [1.82, 2.24) is 0 Å². The SMILES string of the molecule is CC(C)(C)OC(=O)C(N=C(c1ccccc1)c1ccccc1)C(/C=C/c1ccccc1)c1ccccc1. The number of aliphatic imine (C=N–C) groups is 1. The molecule has 4 aromatic rings. The Bertz CT molecular complexity index is 1280.